The van der Waals surface area contributed by atoms with E-state index in [-0.39, 0.29) is 23.1 Å². The Labute approximate surface area is 128 Å². The molecule has 0 spiro atoms. The van der Waals surface area contributed by atoms with Crippen molar-refractivity contribution in [3.8, 4) is 0 Å². The van der Waals surface area contributed by atoms with Gasteiger partial charge in [-0.2, -0.15) is 0 Å². The van der Waals surface area contributed by atoms with E-state index in [0.717, 1.165) is 24.9 Å². The van der Waals surface area contributed by atoms with Gasteiger partial charge in [0.1, 0.15) is 5.82 Å². The van der Waals surface area contributed by atoms with Crippen molar-refractivity contribution in [2.24, 2.45) is 5.92 Å². The first-order valence-corrected chi connectivity index (χ1v) is 7.94. The van der Waals surface area contributed by atoms with Gasteiger partial charge in [0, 0.05) is 12.0 Å². The summed E-state index contributed by atoms with van der Waals surface area (Å²) in [5.41, 5.74) is 0.841. The maximum atomic E-state index is 13.2. The van der Waals surface area contributed by atoms with E-state index in [1.54, 1.807) is 12.1 Å². The van der Waals surface area contributed by atoms with Crippen LogP contribution in [-0.2, 0) is 4.74 Å². The van der Waals surface area contributed by atoms with E-state index >= 15 is 0 Å². The normalized spacial score (nSPS) is 25.0. The van der Waals surface area contributed by atoms with E-state index in [0.29, 0.717) is 5.92 Å². The van der Waals surface area contributed by atoms with Crippen molar-refractivity contribution in [3.05, 3.63) is 35.6 Å². The van der Waals surface area contributed by atoms with Gasteiger partial charge in [0.2, 0.25) is 0 Å². The van der Waals surface area contributed by atoms with Crippen LogP contribution in [0.4, 0.5) is 4.39 Å². The maximum absolute atomic E-state index is 13.2. The van der Waals surface area contributed by atoms with Gasteiger partial charge in [-0.3, -0.25) is 0 Å². The fourth-order valence-electron chi connectivity index (χ4n) is 3.59. The van der Waals surface area contributed by atoms with Crippen LogP contribution in [0, 0.1) is 11.7 Å². The lowest BCUT2D eigenvalue weighted by Crippen LogP contribution is -2.38. The Morgan fingerprint density at radius 1 is 1.24 bits per heavy atom. The summed E-state index contributed by atoms with van der Waals surface area (Å²) in [6, 6.07) is 7.07. The highest BCUT2D eigenvalue weighted by atomic mass is 19.1. The average molecular weight is 293 g/mol. The number of halogens is 1. The summed E-state index contributed by atoms with van der Waals surface area (Å²) >= 11 is 0. The van der Waals surface area contributed by atoms with Crippen molar-refractivity contribution in [1.82, 2.24) is 5.32 Å². The topological polar surface area (TPSA) is 21.3 Å². The molecule has 1 aliphatic heterocycles. The van der Waals surface area contributed by atoms with Crippen LogP contribution in [0.15, 0.2) is 24.3 Å². The molecule has 1 fully saturated rings. The number of rotatable bonds is 5. The van der Waals surface area contributed by atoms with Crippen LogP contribution in [0.25, 0.3) is 0 Å². The van der Waals surface area contributed by atoms with Gasteiger partial charge in [0.15, 0.2) is 0 Å². The molecule has 0 bridgehead atoms. The molecule has 0 aliphatic carbocycles. The fraction of sp³-hybridized carbons (Fsp3) is 0.667. The Morgan fingerprint density at radius 2 is 1.86 bits per heavy atom. The van der Waals surface area contributed by atoms with Crippen molar-refractivity contribution in [3.63, 3.8) is 0 Å². The molecule has 1 aliphatic rings. The zero-order valence-electron chi connectivity index (χ0n) is 13.9. The second-order valence-corrected chi connectivity index (χ2v) is 7.26. The third kappa shape index (κ3) is 3.83. The zero-order valence-corrected chi connectivity index (χ0v) is 13.9. The van der Waals surface area contributed by atoms with E-state index in [4.69, 9.17) is 4.74 Å². The number of ether oxygens (including phenoxy) is 1. The third-order valence-electron chi connectivity index (χ3n) is 4.39. The molecule has 1 N–H and O–H groups in total. The van der Waals surface area contributed by atoms with Crippen molar-refractivity contribution in [1.29, 1.82) is 0 Å². The second-order valence-electron chi connectivity index (χ2n) is 7.26. The molecule has 2 rings (SSSR count). The lowest BCUT2D eigenvalue weighted by Gasteiger charge is -2.34. The number of hydrogen-bond acceptors (Lipinski definition) is 2. The number of nitrogens with one attached hydrogen (secondary N) is 1. The highest BCUT2D eigenvalue weighted by molar-refractivity contribution is 5.22. The minimum absolute atomic E-state index is 0.111. The fourth-order valence-corrected chi connectivity index (χ4v) is 3.59. The Kier molecular flexibility index (Phi) is 4.74. The monoisotopic (exact) mass is 293 g/mol. The summed E-state index contributed by atoms with van der Waals surface area (Å²) in [5.74, 6) is 0.180. The number of hydrogen-bond donors (Lipinski definition) is 1. The molecular formula is C18H28FNO. The Bertz CT molecular complexity index is 467. The van der Waals surface area contributed by atoms with Crippen LogP contribution >= 0.6 is 0 Å². The van der Waals surface area contributed by atoms with Crippen molar-refractivity contribution in [2.75, 3.05) is 6.54 Å². The molecule has 0 radical (unpaired) electrons. The van der Waals surface area contributed by atoms with Crippen LogP contribution in [0.5, 0.6) is 0 Å². The molecule has 1 heterocycles. The Morgan fingerprint density at radius 3 is 2.33 bits per heavy atom. The highest BCUT2D eigenvalue weighted by Gasteiger charge is 2.49. The molecule has 2 nitrogen and oxygen atoms in total. The summed E-state index contributed by atoms with van der Waals surface area (Å²) in [6.45, 7) is 11.7. The summed E-state index contributed by atoms with van der Waals surface area (Å²) in [5, 5.41) is 3.64. The standard InChI is InChI=1S/C18H28FNO/c1-6-11-20-16(13-7-9-14(19)10-8-13)15-12-17(2,3)21-18(15,4)5/h7-10,15-16,20H,6,11-12H2,1-5H3. The quantitative estimate of drug-likeness (QED) is 0.865. The molecule has 0 saturated carbocycles. The van der Waals surface area contributed by atoms with Gasteiger partial charge in [-0.25, -0.2) is 4.39 Å². The molecule has 1 aromatic rings. The molecule has 0 amide bonds. The van der Waals surface area contributed by atoms with Crippen LogP contribution in [0.1, 0.15) is 59.1 Å². The van der Waals surface area contributed by atoms with Gasteiger partial charge in [0.25, 0.3) is 0 Å². The van der Waals surface area contributed by atoms with Crippen LogP contribution in [0.2, 0.25) is 0 Å². The molecule has 2 atom stereocenters. The molecule has 118 valence electrons. The zero-order chi connectivity index (χ0) is 15.7. The van der Waals surface area contributed by atoms with E-state index in [1.807, 2.05) is 12.1 Å². The molecule has 21 heavy (non-hydrogen) atoms. The van der Waals surface area contributed by atoms with E-state index in [9.17, 15) is 4.39 Å². The Balaban J connectivity index is 2.29. The van der Waals surface area contributed by atoms with Gasteiger partial charge < -0.3 is 10.1 Å². The smallest absolute Gasteiger partial charge is 0.123 e. The van der Waals surface area contributed by atoms with E-state index in [1.165, 1.54) is 0 Å². The lowest BCUT2D eigenvalue weighted by molar-refractivity contribution is -0.0778. The van der Waals surface area contributed by atoms with Crippen LogP contribution in [-0.4, -0.2) is 17.7 Å². The maximum Gasteiger partial charge on any atom is 0.123 e. The van der Waals surface area contributed by atoms with Gasteiger partial charge in [-0.15, -0.1) is 0 Å². The van der Waals surface area contributed by atoms with E-state index < -0.39 is 0 Å². The molecule has 3 heteroatoms. The highest BCUT2D eigenvalue weighted by Crippen LogP contribution is 2.47. The lowest BCUT2D eigenvalue weighted by atomic mass is 9.79. The van der Waals surface area contributed by atoms with Crippen LogP contribution < -0.4 is 5.32 Å². The molecule has 0 aromatic heterocycles. The summed E-state index contributed by atoms with van der Waals surface area (Å²) in [7, 11) is 0. The first kappa shape index (κ1) is 16.4. The average Bonchev–Trinajstić information content (AvgIpc) is 2.60. The second kappa shape index (κ2) is 6.05. The van der Waals surface area contributed by atoms with Crippen molar-refractivity contribution < 1.29 is 9.13 Å². The predicted octanol–water partition coefficient (Wildman–Crippen LogP) is 4.46. The minimum atomic E-state index is -0.191. The summed E-state index contributed by atoms with van der Waals surface area (Å²) < 4.78 is 19.5. The first-order chi connectivity index (χ1) is 9.75. The van der Waals surface area contributed by atoms with E-state index in [2.05, 4.69) is 39.9 Å². The summed E-state index contributed by atoms with van der Waals surface area (Å²) in [6.07, 6.45) is 2.08. The molecular weight excluding hydrogens is 265 g/mol. The SMILES string of the molecule is CCCNC(c1ccc(F)cc1)C1CC(C)(C)OC1(C)C. The third-order valence-corrected chi connectivity index (χ3v) is 4.39. The van der Waals surface area contributed by atoms with Crippen molar-refractivity contribution >= 4 is 0 Å². The first-order valence-electron chi connectivity index (χ1n) is 7.94. The minimum Gasteiger partial charge on any atom is -0.369 e. The van der Waals surface area contributed by atoms with Gasteiger partial charge in [-0.1, -0.05) is 19.1 Å². The van der Waals surface area contributed by atoms with Gasteiger partial charge in [-0.05, 0) is 64.8 Å². The number of benzene rings is 1. The molecule has 1 saturated heterocycles. The van der Waals surface area contributed by atoms with Crippen LogP contribution in [0.3, 0.4) is 0 Å². The van der Waals surface area contributed by atoms with Crippen molar-refractivity contribution in [2.45, 2.75) is 64.7 Å². The molecule has 1 aromatic carbocycles. The van der Waals surface area contributed by atoms with Gasteiger partial charge >= 0.3 is 0 Å². The Hall–Kier alpha value is -0.930. The van der Waals surface area contributed by atoms with Gasteiger partial charge in [0.05, 0.1) is 11.2 Å². The molecule has 2 unspecified atom stereocenters. The largest absolute Gasteiger partial charge is 0.369 e. The summed E-state index contributed by atoms with van der Waals surface area (Å²) in [4.78, 5) is 0. The predicted molar refractivity (Wildman–Crippen MR) is 84.8 cm³/mol.